The minimum Gasteiger partial charge on any atom is -0.469 e. The lowest BCUT2D eigenvalue weighted by molar-refractivity contribution is -0.153. The summed E-state index contributed by atoms with van der Waals surface area (Å²) in [7, 11) is 1.51. The number of rotatable bonds is 1. The Morgan fingerprint density at radius 2 is 2.08 bits per heavy atom. The normalized spacial score (nSPS) is 43.2. The van der Waals surface area contributed by atoms with E-state index in [-0.39, 0.29) is 11.4 Å². The summed E-state index contributed by atoms with van der Waals surface area (Å²) in [6.07, 6.45) is 6.81. The Hall–Kier alpha value is 0.200. The van der Waals surface area contributed by atoms with E-state index in [2.05, 4.69) is 22.6 Å². The van der Waals surface area contributed by atoms with Gasteiger partial charge in [0.15, 0.2) is 0 Å². The maximum Gasteiger partial charge on any atom is 0.311 e. The van der Waals surface area contributed by atoms with Crippen LogP contribution >= 0.6 is 22.6 Å². The highest BCUT2D eigenvalue weighted by Crippen LogP contribution is 2.58. The van der Waals surface area contributed by atoms with Crippen LogP contribution in [0, 0.1) is 5.41 Å². The molecule has 0 heterocycles. The van der Waals surface area contributed by atoms with Crippen LogP contribution in [0.25, 0.3) is 0 Å². The molecular formula is C10H15IO2. The predicted octanol–water partition coefficient (Wildman–Crippen LogP) is 2.69. The van der Waals surface area contributed by atoms with E-state index >= 15 is 0 Å². The van der Waals surface area contributed by atoms with Crippen molar-refractivity contribution in [3.05, 3.63) is 0 Å². The lowest BCUT2D eigenvalue weighted by atomic mass is 9.76. The number of carbonyl (C=O) groups is 1. The van der Waals surface area contributed by atoms with Crippen LogP contribution in [0.3, 0.4) is 0 Å². The molecule has 0 N–H and O–H groups in total. The molecule has 0 aliphatic heterocycles. The van der Waals surface area contributed by atoms with E-state index in [4.69, 9.17) is 4.74 Å². The Kier molecular flexibility index (Phi) is 2.33. The summed E-state index contributed by atoms with van der Waals surface area (Å²) in [5.74, 6) is 0.0331. The van der Waals surface area contributed by atoms with Gasteiger partial charge in [0.1, 0.15) is 0 Å². The van der Waals surface area contributed by atoms with Gasteiger partial charge < -0.3 is 4.74 Å². The molecule has 2 nitrogen and oxygen atoms in total. The smallest absolute Gasteiger partial charge is 0.311 e. The second-order valence-corrected chi connectivity index (χ2v) is 6.74. The first-order valence-corrected chi connectivity index (χ1v) is 5.96. The minimum absolute atomic E-state index is 0.0331. The van der Waals surface area contributed by atoms with Crippen LogP contribution in [0.2, 0.25) is 0 Å². The molecule has 2 unspecified atom stereocenters. The molecule has 0 aromatic heterocycles. The second-order valence-electron chi connectivity index (χ2n) is 4.45. The monoisotopic (exact) mass is 294 g/mol. The van der Waals surface area contributed by atoms with Gasteiger partial charge in [-0.25, -0.2) is 0 Å². The molecule has 2 rings (SSSR count). The Morgan fingerprint density at radius 3 is 2.77 bits per heavy atom. The molecule has 2 aliphatic rings. The summed E-state index contributed by atoms with van der Waals surface area (Å²) < 4.78 is 5.32. The van der Waals surface area contributed by atoms with Crippen molar-refractivity contribution in [3.63, 3.8) is 0 Å². The van der Waals surface area contributed by atoms with Crippen LogP contribution in [-0.4, -0.2) is 16.5 Å². The van der Waals surface area contributed by atoms with Gasteiger partial charge in [-0.05, 0) is 32.1 Å². The van der Waals surface area contributed by atoms with Crippen molar-refractivity contribution in [2.45, 2.75) is 41.9 Å². The van der Waals surface area contributed by atoms with Crippen molar-refractivity contribution in [3.8, 4) is 0 Å². The lowest BCUT2D eigenvalue weighted by Crippen LogP contribution is -2.35. The summed E-state index contributed by atoms with van der Waals surface area (Å²) in [5, 5.41) is 0. The molecule has 2 fully saturated rings. The largest absolute Gasteiger partial charge is 0.469 e. The molecule has 2 atom stereocenters. The van der Waals surface area contributed by atoms with E-state index in [9.17, 15) is 4.79 Å². The third-order valence-corrected chi connectivity index (χ3v) is 5.07. The zero-order valence-electron chi connectivity index (χ0n) is 7.94. The number of esters is 1. The Balaban J connectivity index is 2.21. The number of carbonyl (C=O) groups excluding carboxylic acids is 1. The molecule has 0 aromatic carbocycles. The Labute approximate surface area is 92.5 Å². The second kappa shape index (κ2) is 3.11. The molecule has 0 radical (unpaired) electrons. The average molecular weight is 294 g/mol. The molecule has 2 aliphatic carbocycles. The fraction of sp³-hybridized carbons (Fsp3) is 0.900. The van der Waals surface area contributed by atoms with Crippen molar-refractivity contribution >= 4 is 28.6 Å². The fourth-order valence-corrected chi connectivity index (χ4v) is 4.29. The van der Waals surface area contributed by atoms with Gasteiger partial charge in [-0.15, -0.1) is 0 Å². The van der Waals surface area contributed by atoms with Gasteiger partial charge in [0.25, 0.3) is 0 Å². The molecule has 3 heteroatoms. The first kappa shape index (κ1) is 9.74. The standard InChI is InChI=1S/C10H15IO2/c1-13-8(12)9-3-2-4-10(11,7-9)6-5-9/h2-7H2,1H3. The summed E-state index contributed by atoms with van der Waals surface area (Å²) in [5.41, 5.74) is -0.103. The predicted molar refractivity (Wildman–Crippen MR) is 58.9 cm³/mol. The van der Waals surface area contributed by atoms with Crippen molar-refractivity contribution in [1.29, 1.82) is 0 Å². The highest BCUT2D eigenvalue weighted by Gasteiger charge is 2.54. The molecule has 2 saturated carbocycles. The Bertz CT molecular complexity index is 241. The average Bonchev–Trinajstić information content (AvgIpc) is 2.37. The van der Waals surface area contributed by atoms with E-state index in [1.807, 2.05) is 0 Å². The molecule has 0 amide bonds. The SMILES string of the molecule is COC(=O)C12CCCC(I)(CC1)C2. The molecule has 0 spiro atoms. The Morgan fingerprint density at radius 1 is 1.31 bits per heavy atom. The minimum atomic E-state index is -0.103. The van der Waals surface area contributed by atoms with Crippen LogP contribution in [0.4, 0.5) is 0 Å². The van der Waals surface area contributed by atoms with Gasteiger partial charge in [-0.1, -0.05) is 29.0 Å². The topological polar surface area (TPSA) is 26.3 Å². The van der Waals surface area contributed by atoms with Crippen LogP contribution in [0.15, 0.2) is 0 Å². The summed E-state index contributed by atoms with van der Waals surface area (Å²) in [6.45, 7) is 0. The fourth-order valence-electron chi connectivity index (χ4n) is 2.91. The number of fused-ring (bicyclic) bond motifs is 2. The maximum atomic E-state index is 11.7. The third-order valence-electron chi connectivity index (χ3n) is 3.61. The summed E-state index contributed by atoms with van der Waals surface area (Å²) in [4.78, 5) is 11.7. The van der Waals surface area contributed by atoms with Crippen LogP contribution < -0.4 is 0 Å². The van der Waals surface area contributed by atoms with Crippen molar-refractivity contribution in [1.82, 2.24) is 0 Å². The van der Waals surface area contributed by atoms with Gasteiger partial charge in [0.05, 0.1) is 12.5 Å². The zero-order chi connectivity index (χ0) is 9.53. The summed E-state index contributed by atoms with van der Waals surface area (Å²) >= 11 is 2.55. The van der Waals surface area contributed by atoms with Gasteiger partial charge in [0, 0.05) is 3.42 Å². The molecule has 0 saturated heterocycles. The lowest BCUT2D eigenvalue weighted by Gasteiger charge is -2.34. The number of halogens is 1. The first-order valence-electron chi connectivity index (χ1n) is 4.88. The molecule has 74 valence electrons. The van der Waals surface area contributed by atoms with Crippen LogP contribution in [0.1, 0.15) is 38.5 Å². The quantitative estimate of drug-likeness (QED) is 0.422. The van der Waals surface area contributed by atoms with Gasteiger partial charge in [-0.2, -0.15) is 0 Å². The number of alkyl halides is 1. The van der Waals surface area contributed by atoms with Gasteiger partial charge in [-0.3, -0.25) is 4.79 Å². The van der Waals surface area contributed by atoms with Gasteiger partial charge in [0.2, 0.25) is 0 Å². The van der Waals surface area contributed by atoms with E-state index in [0.29, 0.717) is 3.42 Å². The number of methoxy groups -OCH3 is 1. The van der Waals surface area contributed by atoms with E-state index < -0.39 is 0 Å². The van der Waals surface area contributed by atoms with Crippen molar-refractivity contribution in [2.24, 2.45) is 5.41 Å². The van der Waals surface area contributed by atoms with E-state index in [0.717, 1.165) is 19.3 Å². The number of hydrogen-bond acceptors (Lipinski definition) is 2. The molecule has 2 bridgehead atoms. The first-order chi connectivity index (χ1) is 6.10. The third kappa shape index (κ3) is 1.49. The number of ether oxygens (including phenoxy) is 1. The molecular weight excluding hydrogens is 279 g/mol. The van der Waals surface area contributed by atoms with Crippen LogP contribution in [-0.2, 0) is 9.53 Å². The summed E-state index contributed by atoms with van der Waals surface area (Å²) in [6, 6.07) is 0. The highest BCUT2D eigenvalue weighted by atomic mass is 127. The zero-order valence-corrected chi connectivity index (χ0v) is 10.1. The van der Waals surface area contributed by atoms with Gasteiger partial charge >= 0.3 is 5.97 Å². The van der Waals surface area contributed by atoms with Crippen LogP contribution in [0.5, 0.6) is 0 Å². The maximum absolute atomic E-state index is 11.7. The van der Waals surface area contributed by atoms with Crippen molar-refractivity contribution < 1.29 is 9.53 Å². The van der Waals surface area contributed by atoms with E-state index in [1.165, 1.54) is 26.4 Å². The highest BCUT2D eigenvalue weighted by molar-refractivity contribution is 14.1. The van der Waals surface area contributed by atoms with E-state index in [1.54, 1.807) is 0 Å². The van der Waals surface area contributed by atoms with Crippen molar-refractivity contribution in [2.75, 3.05) is 7.11 Å². The molecule has 13 heavy (non-hydrogen) atoms. The molecule has 0 aromatic rings. The number of hydrogen-bond donors (Lipinski definition) is 0.